The Kier molecular flexibility index (Phi) is 6.50. The van der Waals surface area contributed by atoms with Gasteiger partial charge in [-0.1, -0.05) is 12.1 Å². The first-order chi connectivity index (χ1) is 11.6. The Bertz CT molecular complexity index is 737. The molecule has 0 bridgehead atoms. The van der Waals surface area contributed by atoms with Gasteiger partial charge in [-0.05, 0) is 18.1 Å². The molecule has 0 spiro atoms. The zero-order valence-corrected chi connectivity index (χ0v) is 14.7. The van der Waals surface area contributed by atoms with Crippen LogP contribution in [0.2, 0.25) is 0 Å². The zero-order chi connectivity index (χ0) is 17.1. The molecule has 0 radical (unpaired) electrons. The average Bonchev–Trinajstić information content (AvgIpc) is 3.02. The predicted molar refractivity (Wildman–Crippen MR) is 92.5 cm³/mol. The number of hydrogen-bond donors (Lipinski definition) is 1. The highest BCUT2D eigenvalue weighted by molar-refractivity contribution is 5.85. The molecule has 1 atom stereocenters. The van der Waals surface area contributed by atoms with Crippen LogP contribution < -0.4 is 5.32 Å². The Morgan fingerprint density at radius 3 is 2.92 bits per heavy atom. The molecule has 1 aliphatic rings. The van der Waals surface area contributed by atoms with Gasteiger partial charge >= 0.3 is 0 Å². The lowest BCUT2D eigenvalue weighted by Gasteiger charge is -2.35. The molecule has 0 aliphatic carbocycles. The minimum Gasteiger partial charge on any atom is -0.336 e. The van der Waals surface area contributed by atoms with Crippen LogP contribution in [0, 0.1) is 11.6 Å². The molecule has 5 nitrogen and oxygen atoms in total. The molecule has 1 aromatic heterocycles. The zero-order valence-electron chi connectivity index (χ0n) is 13.9. The van der Waals surface area contributed by atoms with Gasteiger partial charge in [0.2, 0.25) is 5.91 Å². The third-order valence-electron chi connectivity index (χ3n) is 4.36. The van der Waals surface area contributed by atoms with Gasteiger partial charge in [0, 0.05) is 45.5 Å². The summed E-state index contributed by atoms with van der Waals surface area (Å²) in [7, 11) is 1.89. The summed E-state index contributed by atoms with van der Waals surface area (Å²) in [6, 6.07) is 3.90. The van der Waals surface area contributed by atoms with Crippen molar-refractivity contribution in [1.82, 2.24) is 19.8 Å². The Morgan fingerprint density at radius 2 is 2.20 bits per heavy atom. The van der Waals surface area contributed by atoms with Crippen LogP contribution in [0.5, 0.6) is 0 Å². The highest BCUT2D eigenvalue weighted by atomic mass is 35.5. The van der Waals surface area contributed by atoms with Crippen molar-refractivity contribution in [1.29, 1.82) is 0 Å². The Labute approximate surface area is 151 Å². The lowest BCUT2D eigenvalue weighted by Crippen LogP contribution is -2.49. The van der Waals surface area contributed by atoms with E-state index in [0.29, 0.717) is 19.6 Å². The van der Waals surface area contributed by atoms with Gasteiger partial charge in [0.1, 0.15) is 11.9 Å². The van der Waals surface area contributed by atoms with Crippen molar-refractivity contribution in [2.75, 3.05) is 19.6 Å². The Hall–Kier alpha value is -1.99. The van der Waals surface area contributed by atoms with Gasteiger partial charge < -0.3 is 14.8 Å². The minimum absolute atomic E-state index is 0. The van der Waals surface area contributed by atoms with Crippen LogP contribution >= 0.6 is 12.4 Å². The van der Waals surface area contributed by atoms with Gasteiger partial charge in [-0.2, -0.15) is 0 Å². The minimum atomic E-state index is -0.881. The molecule has 1 aromatic carbocycles. The molecule has 2 heterocycles. The number of hydrogen-bond acceptors (Lipinski definition) is 3. The summed E-state index contributed by atoms with van der Waals surface area (Å²) < 4.78 is 28.9. The number of nitrogens with zero attached hydrogens (tertiary/aromatic N) is 3. The molecule has 25 heavy (non-hydrogen) atoms. The van der Waals surface area contributed by atoms with Crippen molar-refractivity contribution in [3.05, 3.63) is 53.6 Å². The number of amides is 1. The number of piperazine rings is 1. The summed E-state index contributed by atoms with van der Waals surface area (Å²) >= 11 is 0. The number of nitrogens with one attached hydrogen (secondary N) is 1. The third kappa shape index (κ3) is 4.16. The van der Waals surface area contributed by atoms with E-state index in [0.717, 1.165) is 11.9 Å². The van der Waals surface area contributed by atoms with Gasteiger partial charge in [0.05, 0.1) is 0 Å². The first kappa shape index (κ1) is 19.3. The molecule has 1 unspecified atom stereocenters. The fraction of sp³-hybridized carbons (Fsp3) is 0.412. The summed E-state index contributed by atoms with van der Waals surface area (Å²) in [6.07, 6.45) is 3.87. The van der Waals surface area contributed by atoms with Crippen molar-refractivity contribution in [2.24, 2.45) is 7.05 Å². The molecule has 2 aromatic rings. The molecule has 1 saturated heterocycles. The molecule has 0 saturated carbocycles. The molecule has 1 amide bonds. The number of halogens is 3. The van der Waals surface area contributed by atoms with Crippen LogP contribution in [0.3, 0.4) is 0 Å². The van der Waals surface area contributed by atoms with Gasteiger partial charge in [-0.25, -0.2) is 13.8 Å². The van der Waals surface area contributed by atoms with Gasteiger partial charge in [-0.3, -0.25) is 4.79 Å². The Balaban J connectivity index is 0.00000225. The number of carbonyl (C=O) groups excluding carboxylic acids is 1. The molecule has 3 rings (SSSR count). The number of rotatable bonds is 4. The second kappa shape index (κ2) is 8.40. The maximum absolute atomic E-state index is 13.7. The highest BCUT2D eigenvalue weighted by Gasteiger charge is 2.30. The van der Waals surface area contributed by atoms with Crippen LogP contribution in [0.15, 0.2) is 30.6 Å². The normalized spacial score (nSPS) is 17.2. The summed E-state index contributed by atoms with van der Waals surface area (Å²) in [5.41, 5.74) is 0.229. The topological polar surface area (TPSA) is 50.2 Å². The SMILES string of the molecule is Cl.Cn1ccnc1C1CNCCN1C(=O)CCc1cccc(F)c1F. The van der Waals surface area contributed by atoms with E-state index in [-0.39, 0.29) is 42.8 Å². The van der Waals surface area contributed by atoms with E-state index in [2.05, 4.69) is 10.3 Å². The molecule has 136 valence electrons. The van der Waals surface area contributed by atoms with Crippen molar-refractivity contribution in [3.8, 4) is 0 Å². The van der Waals surface area contributed by atoms with E-state index in [1.165, 1.54) is 12.1 Å². The number of aromatic nitrogens is 2. The Morgan fingerprint density at radius 1 is 1.40 bits per heavy atom. The fourth-order valence-electron chi connectivity index (χ4n) is 3.06. The summed E-state index contributed by atoms with van der Waals surface area (Å²) in [4.78, 5) is 18.7. The van der Waals surface area contributed by atoms with Crippen LogP contribution in [0.25, 0.3) is 0 Å². The number of benzene rings is 1. The maximum Gasteiger partial charge on any atom is 0.223 e. The molecular weight excluding hydrogens is 350 g/mol. The van der Waals surface area contributed by atoms with Crippen LogP contribution in [-0.4, -0.2) is 40.0 Å². The first-order valence-corrected chi connectivity index (χ1v) is 7.98. The van der Waals surface area contributed by atoms with Crippen molar-refractivity contribution < 1.29 is 13.6 Å². The highest BCUT2D eigenvalue weighted by Crippen LogP contribution is 2.22. The average molecular weight is 371 g/mol. The number of aryl methyl sites for hydroxylation is 2. The van der Waals surface area contributed by atoms with E-state index in [1.54, 1.807) is 11.1 Å². The van der Waals surface area contributed by atoms with Crippen molar-refractivity contribution in [2.45, 2.75) is 18.9 Å². The monoisotopic (exact) mass is 370 g/mol. The quantitative estimate of drug-likeness (QED) is 0.898. The van der Waals surface area contributed by atoms with Crippen LogP contribution in [-0.2, 0) is 18.3 Å². The second-order valence-corrected chi connectivity index (χ2v) is 5.92. The lowest BCUT2D eigenvalue weighted by atomic mass is 10.1. The first-order valence-electron chi connectivity index (χ1n) is 7.98. The maximum atomic E-state index is 13.7. The molecule has 1 N–H and O–H groups in total. The van der Waals surface area contributed by atoms with E-state index in [1.807, 2.05) is 17.8 Å². The standard InChI is InChI=1S/C17H20F2N4O.ClH/c1-22-9-8-21-17(22)14-11-20-7-10-23(14)15(24)6-5-12-3-2-4-13(18)16(12)19;/h2-4,8-9,14,20H,5-7,10-11H2,1H3;1H. The number of imidazole rings is 1. The van der Waals surface area contributed by atoms with E-state index >= 15 is 0 Å². The molecule has 1 fully saturated rings. The molecular formula is C17H21ClF2N4O. The fourth-order valence-corrected chi connectivity index (χ4v) is 3.06. The largest absolute Gasteiger partial charge is 0.336 e. The van der Waals surface area contributed by atoms with Gasteiger partial charge in [0.15, 0.2) is 11.6 Å². The summed E-state index contributed by atoms with van der Waals surface area (Å²) in [5.74, 6) is -1.01. The predicted octanol–water partition coefficient (Wildman–Crippen LogP) is 2.23. The number of carbonyl (C=O) groups is 1. The smallest absolute Gasteiger partial charge is 0.223 e. The van der Waals surface area contributed by atoms with Crippen molar-refractivity contribution >= 4 is 18.3 Å². The third-order valence-corrected chi connectivity index (χ3v) is 4.36. The summed E-state index contributed by atoms with van der Waals surface area (Å²) in [6.45, 7) is 1.91. The van der Waals surface area contributed by atoms with E-state index in [4.69, 9.17) is 0 Å². The summed E-state index contributed by atoms with van der Waals surface area (Å²) in [5, 5.41) is 3.27. The van der Waals surface area contributed by atoms with E-state index < -0.39 is 11.6 Å². The van der Waals surface area contributed by atoms with Gasteiger partial charge in [0.25, 0.3) is 0 Å². The van der Waals surface area contributed by atoms with Crippen LogP contribution in [0.1, 0.15) is 23.9 Å². The molecule has 1 aliphatic heterocycles. The van der Waals surface area contributed by atoms with Crippen molar-refractivity contribution in [3.63, 3.8) is 0 Å². The second-order valence-electron chi connectivity index (χ2n) is 5.92. The van der Waals surface area contributed by atoms with Gasteiger partial charge in [-0.15, -0.1) is 12.4 Å². The molecule has 8 heteroatoms. The van der Waals surface area contributed by atoms with Crippen LogP contribution in [0.4, 0.5) is 8.78 Å². The lowest BCUT2D eigenvalue weighted by molar-refractivity contribution is -0.134. The van der Waals surface area contributed by atoms with E-state index in [9.17, 15) is 13.6 Å².